The van der Waals surface area contributed by atoms with Crippen molar-refractivity contribution >= 4 is 109 Å². The number of carbonyl (C=O) groups excluding carboxylic acids is 1. The molecule has 0 heterocycles. The Labute approximate surface area is 239 Å². The topological polar surface area (TPSA) is 37.3 Å². The molecular weight excluding hydrogens is 362 g/mol. The van der Waals surface area contributed by atoms with Gasteiger partial charge in [-0.2, -0.15) is 0 Å². The number of rotatable bonds is 1. The fourth-order valence-corrected chi connectivity index (χ4v) is 7.98. The molecule has 0 radical (unpaired) electrons. The van der Waals surface area contributed by atoms with E-state index in [9.17, 15) is 9.90 Å². The molecule has 0 aromatic rings. The molecule has 134 valence electrons. The van der Waals surface area contributed by atoms with Crippen LogP contribution in [0.15, 0.2) is 0 Å². The van der Waals surface area contributed by atoms with Crippen molar-refractivity contribution in [2.75, 3.05) is 0 Å². The first-order valence-corrected chi connectivity index (χ1v) is 10.1. The molecule has 4 aliphatic rings. The normalized spacial score (nSPS) is 51.2. The van der Waals surface area contributed by atoms with Crippen molar-refractivity contribution in [3.05, 3.63) is 0 Å². The third-order valence-corrected chi connectivity index (χ3v) is 9.20. The van der Waals surface area contributed by atoms with E-state index >= 15 is 0 Å². The molecule has 1 unspecified atom stereocenters. The summed E-state index contributed by atoms with van der Waals surface area (Å²) in [5.74, 6) is 3.64. The molecule has 0 amide bonds. The minimum atomic E-state index is -0.0941. The van der Waals surface area contributed by atoms with E-state index in [-0.39, 0.29) is 120 Å². The van der Waals surface area contributed by atoms with Crippen molar-refractivity contribution in [1.29, 1.82) is 0 Å². The molecule has 4 heteroatoms. The Bertz CT molecular complexity index is 510. The van der Waals surface area contributed by atoms with Crippen LogP contribution in [0.2, 0.25) is 0 Å². The summed E-state index contributed by atoms with van der Waals surface area (Å²) < 4.78 is 0. The van der Waals surface area contributed by atoms with Crippen molar-refractivity contribution in [3.8, 4) is 0 Å². The fraction of sp³-hybridized carbons (Fsp3) is 0.952. The van der Waals surface area contributed by atoms with Crippen LogP contribution < -0.4 is 0 Å². The van der Waals surface area contributed by atoms with Gasteiger partial charge in [-0.1, -0.05) is 20.3 Å². The van der Waals surface area contributed by atoms with Crippen molar-refractivity contribution < 1.29 is 9.90 Å². The summed E-state index contributed by atoms with van der Waals surface area (Å²) in [6.07, 6.45) is 10.9. The Balaban J connectivity index is 0.00000113. The SMILES string of the molecule is CC(=O)[C@H]1CC[C@H]2[C@@H]3CC[C@@H]4CCCC(O)[C@]4(C)[C@H]3CC[C@]12C.[KH].[KH]. The summed E-state index contributed by atoms with van der Waals surface area (Å²) in [7, 11) is 0. The van der Waals surface area contributed by atoms with Crippen LogP contribution in [0, 0.1) is 40.4 Å². The molecule has 4 aliphatic carbocycles. The van der Waals surface area contributed by atoms with Gasteiger partial charge in [-0.25, -0.2) is 0 Å². The van der Waals surface area contributed by atoms with Gasteiger partial charge in [0.2, 0.25) is 0 Å². The van der Waals surface area contributed by atoms with E-state index < -0.39 is 0 Å². The zero-order chi connectivity index (χ0) is 16.4. The van der Waals surface area contributed by atoms with Crippen molar-refractivity contribution in [2.45, 2.75) is 84.7 Å². The molecule has 1 N–H and O–H groups in total. The van der Waals surface area contributed by atoms with E-state index in [1.54, 1.807) is 0 Å². The van der Waals surface area contributed by atoms with Crippen LogP contribution in [-0.4, -0.2) is 120 Å². The van der Waals surface area contributed by atoms with Gasteiger partial charge in [0.15, 0.2) is 0 Å². The van der Waals surface area contributed by atoms with E-state index in [0.29, 0.717) is 17.6 Å². The summed E-state index contributed by atoms with van der Waals surface area (Å²) in [6, 6.07) is 0. The van der Waals surface area contributed by atoms with Crippen LogP contribution in [0.5, 0.6) is 0 Å². The Kier molecular flexibility index (Phi) is 8.66. The van der Waals surface area contributed by atoms with E-state index in [1.807, 2.05) is 6.92 Å². The second-order valence-electron chi connectivity index (χ2n) is 9.75. The fourth-order valence-electron chi connectivity index (χ4n) is 7.98. The van der Waals surface area contributed by atoms with Crippen molar-refractivity contribution in [2.24, 2.45) is 40.4 Å². The van der Waals surface area contributed by atoms with Gasteiger partial charge in [0, 0.05) is 5.92 Å². The summed E-state index contributed by atoms with van der Waals surface area (Å²) in [5.41, 5.74) is 0.395. The van der Waals surface area contributed by atoms with Gasteiger partial charge in [0.05, 0.1) is 6.10 Å². The maximum atomic E-state index is 12.2. The molecule has 4 rings (SSSR count). The Morgan fingerprint density at radius 2 is 1.64 bits per heavy atom. The molecule has 4 saturated carbocycles. The van der Waals surface area contributed by atoms with Crippen LogP contribution >= 0.6 is 0 Å². The number of carbonyl (C=O) groups is 1. The Morgan fingerprint density at radius 1 is 0.920 bits per heavy atom. The average molecular weight is 399 g/mol. The number of aliphatic hydroxyl groups is 1. The average Bonchev–Trinajstić information content (AvgIpc) is 2.86. The van der Waals surface area contributed by atoms with Crippen LogP contribution in [0.4, 0.5) is 0 Å². The predicted octanol–water partition coefficient (Wildman–Crippen LogP) is 3.30. The second kappa shape index (κ2) is 8.95. The number of aliphatic hydroxyl groups excluding tert-OH is 1. The number of hydrogen-bond donors (Lipinski definition) is 1. The number of fused-ring (bicyclic) bond motifs is 5. The van der Waals surface area contributed by atoms with Crippen molar-refractivity contribution in [3.63, 3.8) is 0 Å². The first-order valence-electron chi connectivity index (χ1n) is 10.1. The van der Waals surface area contributed by atoms with Gasteiger partial charge >= 0.3 is 103 Å². The second-order valence-corrected chi connectivity index (χ2v) is 9.75. The Hall–Kier alpha value is 2.90. The van der Waals surface area contributed by atoms with Gasteiger partial charge in [0.1, 0.15) is 5.78 Å². The molecule has 0 aliphatic heterocycles. The summed E-state index contributed by atoms with van der Waals surface area (Å²) in [6.45, 7) is 6.64. The quantitative estimate of drug-likeness (QED) is 0.688. The van der Waals surface area contributed by atoms with Gasteiger partial charge < -0.3 is 5.11 Å². The zero-order valence-corrected chi connectivity index (χ0v) is 15.2. The molecular formula is C21H36K2O2. The molecule has 4 fully saturated rings. The standard InChI is InChI=1S/C21H34O2.2K.2H/c1-13(22)16-9-10-17-15-8-7-14-5-4-6-19(23)21(14,3)18(15)11-12-20(16,17)2;;;;/h14-19,23H,4-12H2,1-3H3;;;;/t14-,15-,16+,17-,18-,19?,20+,21-;;;;/m0..../s1. The maximum absolute atomic E-state index is 12.2. The van der Waals surface area contributed by atoms with Gasteiger partial charge in [0.25, 0.3) is 0 Å². The van der Waals surface area contributed by atoms with Crippen LogP contribution in [-0.2, 0) is 4.79 Å². The van der Waals surface area contributed by atoms with E-state index in [1.165, 1.54) is 44.9 Å². The molecule has 0 bridgehead atoms. The summed E-state index contributed by atoms with van der Waals surface area (Å²) in [5, 5.41) is 10.9. The zero-order valence-electron chi connectivity index (χ0n) is 15.2. The molecule has 0 aromatic heterocycles. The van der Waals surface area contributed by atoms with Crippen LogP contribution in [0.3, 0.4) is 0 Å². The van der Waals surface area contributed by atoms with E-state index in [2.05, 4.69) is 13.8 Å². The molecule has 25 heavy (non-hydrogen) atoms. The molecule has 0 aromatic carbocycles. The predicted molar refractivity (Wildman–Crippen MR) is 106 cm³/mol. The van der Waals surface area contributed by atoms with E-state index in [0.717, 1.165) is 30.6 Å². The third kappa shape index (κ3) is 3.73. The molecule has 8 atom stereocenters. The minimum absolute atomic E-state index is 0. The van der Waals surface area contributed by atoms with E-state index in [4.69, 9.17) is 0 Å². The van der Waals surface area contributed by atoms with Crippen molar-refractivity contribution in [1.82, 2.24) is 0 Å². The Morgan fingerprint density at radius 3 is 2.32 bits per heavy atom. The van der Waals surface area contributed by atoms with Crippen LogP contribution in [0.25, 0.3) is 0 Å². The summed E-state index contributed by atoms with van der Waals surface area (Å²) >= 11 is 0. The van der Waals surface area contributed by atoms with Gasteiger partial charge in [-0.3, -0.25) is 4.79 Å². The number of ketones is 1. The first-order chi connectivity index (χ1) is 10.9. The first kappa shape index (κ1) is 24.2. The molecule has 2 nitrogen and oxygen atoms in total. The third-order valence-electron chi connectivity index (χ3n) is 9.20. The molecule has 0 saturated heterocycles. The van der Waals surface area contributed by atoms with Crippen LogP contribution in [0.1, 0.15) is 78.6 Å². The monoisotopic (exact) mass is 398 g/mol. The number of Topliss-reactive ketones (excluding diaryl/α,β-unsaturated/α-hetero) is 1. The van der Waals surface area contributed by atoms with Gasteiger partial charge in [-0.05, 0) is 92.8 Å². The molecule has 0 spiro atoms. The summed E-state index contributed by atoms with van der Waals surface area (Å²) in [4.78, 5) is 12.2. The number of hydrogen-bond acceptors (Lipinski definition) is 2. The van der Waals surface area contributed by atoms with Gasteiger partial charge in [-0.15, -0.1) is 0 Å².